The van der Waals surface area contributed by atoms with E-state index < -0.39 is 49.8 Å². The number of aliphatic hydroxyl groups excluding tert-OH is 1. The molecule has 1 aromatic rings. The van der Waals surface area contributed by atoms with Gasteiger partial charge in [0.05, 0.1) is 18.8 Å². The quantitative estimate of drug-likeness (QED) is 0.492. The van der Waals surface area contributed by atoms with Crippen molar-refractivity contribution in [2.24, 2.45) is 0 Å². The first-order valence-electron chi connectivity index (χ1n) is 9.54. The van der Waals surface area contributed by atoms with Crippen LogP contribution in [0.3, 0.4) is 0 Å². The first-order valence-corrected chi connectivity index (χ1v) is 11.2. The topological polar surface area (TPSA) is 110 Å². The lowest BCUT2D eigenvalue weighted by molar-refractivity contribution is -0.221. The van der Waals surface area contributed by atoms with Gasteiger partial charge in [0.25, 0.3) is 0 Å². The van der Waals surface area contributed by atoms with Gasteiger partial charge in [0, 0.05) is 0 Å². The van der Waals surface area contributed by atoms with Gasteiger partial charge < -0.3 is 33.1 Å². The van der Waals surface area contributed by atoms with Crippen molar-refractivity contribution in [2.45, 2.75) is 63.9 Å². The predicted molar refractivity (Wildman–Crippen MR) is 101 cm³/mol. The van der Waals surface area contributed by atoms with Gasteiger partial charge >= 0.3 is 13.6 Å². The van der Waals surface area contributed by atoms with Gasteiger partial charge in [-0.2, -0.15) is 0 Å². The zero-order chi connectivity index (χ0) is 21.2. The third-order valence-corrected chi connectivity index (χ3v) is 6.69. The maximum Gasteiger partial charge on any atom is 0.361 e. The van der Waals surface area contributed by atoms with Crippen molar-refractivity contribution in [1.82, 2.24) is 0 Å². The summed E-state index contributed by atoms with van der Waals surface area (Å²) in [4.78, 5) is 12.6. The van der Waals surface area contributed by atoms with Gasteiger partial charge in [0.2, 0.25) is 0 Å². The number of rotatable bonds is 8. The van der Waals surface area contributed by atoms with Crippen LogP contribution < -0.4 is 0 Å². The summed E-state index contributed by atoms with van der Waals surface area (Å²) in [6, 6.07) is 8.38. The third kappa shape index (κ3) is 4.72. The molecule has 0 amide bonds. The van der Waals surface area contributed by atoms with Crippen LogP contribution in [0.2, 0.25) is 0 Å². The molecule has 5 atom stereocenters. The number of hydrogen-bond acceptors (Lipinski definition) is 9. The molecule has 0 saturated carbocycles. The molecule has 0 bridgehead atoms. The summed E-state index contributed by atoms with van der Waals surface area (Å²) in [7, 11) is -3.96. The molecule has 0 spiro atoms. The van der Waals surface area contributed by atoms with Crippen LogP contribution in [0.4, 0.5) is 0 Å². The smallest absolute Gasteiger partial charge is 0.361 e. The Kier molecular flexibility index (Phi) is 6.80. The molecule has 0 radical (unpaired) electrons. The Hall–Kier alpha value is -1.32. The maximum atomic E-state index is 13.1. The molecular formula is C19H27O9P. The highest BCUT2D eigenvalue weighted by molar-refractivity contribution is 7.54. The Balaban J connectivity index is 1.87. The molecule has 29 heavy (non-hydrogen) atoms. The van der Waals surface area contributed by atoms with Crippen LogP contribution in [-0.2, 0) is 32.6 Å². The lowest BCUT2D eigenvalue weighted by Gasteiger charge is -2.31. The zero-order valence-electron chi connectivity index (χ0n) is 16.8. The van der Waals surface area contributed by atoms with E-state index in [1.54, 1.807) is 58.0 Å². The van der Waals surface area contributed by atoms with Crippen molar-refractivity contribution in [2.75, 3.05) is 13.2 Å². The maximum absolute atomic E-state index is 13.1. The Bertz CT molecular complexity index is 743. The summed E-state index contributed by atoms with van der Waals surface area (Å²) in [5.74, 6) is -3.29. The average Bonchev–Trinajstić information content (AvgIpc) is 3.14. The minimum atomic E-state index is -3.96. The fourth-order valence-electron chi connectivity index (χ4n) is 3.37. The molecule has 3 rings (SSSR count). The lowest BCUT2D eigenvalue weighted by atomic mass is 10.1. The lowest BCUT2D eigenvalue weighted by Crippen LogP contribution is -2.44. The molecule has 2 fully saturated rings. The fraction of sp³-hybridized carbons (Fsp3) is 0.632. The van der Waals surface area contributed by atoms with Gasteiger partial charge in [0.15, 0.2) is 30.1 Å². The van der Waals surface area contributed by atoms with Crippen LogP contribution >= 0.6 is 7.60 Å². The number of esters is 1. The van der Waals surface area contributed by atoms with E-state index in [0.29, 0.717) is 5.56 Å². The van der Waals surface area contributed by atoms with Crippen molar-refractivity contribution in [3.63, 3.8) is 0 Å². The minimum absolute atomic E-state index is 0.0580. The van der Waals surface area contributed by atoms with Gasteiger partial charge in [-0.25, -0.2) is 4.79 Å². The number of aliphatic hydroxyl groups is 1. The molecule has 1 aromatic carbocycles. The van der Waals surface area contributed by atoms with E-state index in [9.17, 15) is 14.5 Å². The van der Waals surface area contributed by atoms with E-state index in [4.69, 9.17) is 28.0 Å². The summed E-state index contributed by atoms with van der Waals surface area (Å²) in [5, 5.41) is 10.8. The highest BCUT2D eigenvalue weighted by Crippen LogP contribution is 2.56. The highest BCUT2D eigenvalue weighted by atomic mass is 31.2. The second-order valence-corrected chi connectivity index (χ2v) is 9.22. The van der Waals surface area contributed by atoms with Crippen LogP contribution in [0, 0.1) is 0 Å². The monoisotopic (exact) mass is 430 g/mol. The Morgan fingerprint density at radius 3 is 2.38 bits per heavy atom. The van der Waals surface area contributed by atoms with E-state index >= 15 is 0 Å². The second kappa shape index (κ2) is 8.81. The van der Waals surface area contributed by atoms with Crippen LogP contribution in [0.15, 0.2) is 30.3 Å². The highest BCUT2D eigenvalue weighted by Gasteiger charge is 2.61. The number of fused-ring (bicyclic) bond motifs is 1. The molecule has 0 aliphatic carbocycles. The average molecular weight is 430 g/mol. The van der Waals surface area contributed by atoms with E-state index in [-0.39, 0.29) is 13.2 Å². The molecule has 162 valence electrons. The summed E-state index contributed by atoms with van der Waals surface area (Å²) < 4.78 is 46.4. The number of carbonyl (C=O) groups is 1. The minimum Gasteiger partial charge on any atom is -0.453 e. The van der Waals surface area contributed by atoms with Gasteiger partial charge in [-0.3, -0.25) is 4.57 Å². The van der Waals surface area contributed by atoms with Gasteiger partial charge in [0.1, 0.15) is 6.10 Å². The molecule has 2 aliphatic rings. The van der Waals surface area contributed by atoms with Gasteiger partial charge in [-0.05, 0) is 39.8 Å². The standard InChI is InChI=1S/C19H27O9P/c1-5-23-29(22,24-6-2)17(21)14-13(15-18(26-14)28-19(3,4)27-15)25-16(20)12-10-8-7-9-11-12/h7-11,13-15,17-18,21H,5-6H2,1-4H3/t13-,14+,15-,17-,18-/m1/s1. The third-order valence-electron chi connectivity index (χ3n) is 4.52. The molecule has 0 unspecified atom stereocenters. The first kappa shape index (κ1) is 22.4. The fourth-order valence-corrected chi connectivity index (χ4v) is 5.07. The van der Waals surface area contributed by atoms with Crippen molar-refractivity contribution in [3.05, 3.63) is 35.9 Å². The number of hydrogen-bond donors (Lipinski definition) is 1. The summed E-state index contributed by atoms with van der Waals surface area (Å²) in [5.41, 5.74) is 0.320. The van der Waals surface area contributed by atoms with Crippen LogP contribution in [-0.4, -0.2) is 60.5 Å². The van der Waals surface area contributed by atoms with Crippen molar-refractivity contribution in [1.29, 1.82) is 0 Å². The molecule has 2 aliphatic heterocycles. The predicted octanol–water partition coefficient (Wildman–Crippen LogP) is 2.67. The van der Waals surface area contributed by atoms with Crippen LogP contribution in [0.25, 0.3) is 0 Å². The molecular weight excluding hydrogens is 403 g/mol. The molecule has 10 heteroatoms. The van der Waals surface area contributed by atoms with Crippen molar-refractivity contribution in [3.8, 4) is 0 Å². The van der Waals surface area contributed by atoms with Crippen molar-refractivity contribution >= 4 is 13.6 Å². The Morgan fingerprint density at radius 1 is 1.17 bits per heavy atom. The van der Waals surface area contributed by atoms with Gasteiger partial charge in [-0.15, -0.1) is 0 Å². The van der Waals surface area contributed by atoms with E-state index in [1.165, 1.54) is 0 Å². The normalized spacial score (nSPS) is 29.4. The zero-order valence-corrected chi connectivity index (χ0v) is 17.7. The van der Waals surface area contributed by atoms with E-state index in [1.807, 2.05) is 0 Å². The number of carbonyl (C=O) groups excluding carboxylic acids is 1. The molecule has 2 saturated heterocycles. The number of benzene rings is 1. The number of ether oxygens (including phenoxy) is 4. The SMILES string of the molecule is CCOP(=O)(OCC)[C@@H](O)[C@H]1O[C@@H]2OC(C)(C)O[C@@H]2[C@@H]1OC(=O)c1ccccc1. The van der Waals surface area contributed by atoms with Crippen LogP contribution in [0.1, 0.15) is 38.1 Å². The van der Waals surface area contributed by atoms with Crippen molar-refractivity contribution < 1.29 is 42.5 Å². The molecule has 2 heterocycles. The summed E-state index contributed by atoms with van der Waals surface area (Å²) in [6.45, 7) is 6.77. The second-order valence-electron chi connectivity index (χ2n) is 7.09. The molecule has 0 aromatic heterocycles. The molecule has 9 nitrogen and oxygen atoms in total. The Morgan fingerprint density at radius 2 is 1.79 bits per heavy atom. The van der Waals surface area contributed by atoms with Crippen LogP contribution in [0.5, 0.6) is 0 Å². The van der Waals surface area contributed by atoms with E-state index in [2.05, 4.69) is 0 Å². The largest absolute Gasteiger partial charge is 0.453 e. The summed E-state index contributed by atoms with van der Waals surface area (Å²) in [6.07, 6.45) is -4.03. The van der Waals surface area contributed by atoms with E-state index in [0.717, 1.165) is 0 Å². The molecule has 1 N–H and O–H groups in total. The summed E-state index contributed by atoms with van der Waals surface area (Å²) >= 11 is 0. The first-order chi connectivity index (χ1) is 13.7. The Labute approximate surface area is 169 Å². The van der Waals surface area contributed by atoms with Gasteiger partial charge in [-0.1, -0.05) is 18.2 Å².